The van der Waals surface area contributed by atoms with Gasteiger partial charge in [0, 0.05) is 0 Å². The maximum Gasteiger partial charge on any atom is 0.287 e. The number of aliphatic hydroxyl groups excluding tert-OH is 1. The summed E-state index contributed by atoms with van der Waals surface area (Å²) in [5.41, 5.74) is 0. The molecule has 0 aliphatic heterocycles. The molecular weight excluding hydrogens is 182 g/mol. The van der Waals surface area contributed by atoms with Gasteiger partial charge in [0.2, 0.25) is 0 Å². The maximum atomic E-state index is 11.5. The number of amides is 1. The minimum Gasteiger partial charge on any atom is -0.459 e. The summed E-state index contributed by atoms with van der Waals surface area (Å²) in [6.07, 6.45) is 1.44. The maximum absolute atomic E-state index is 11.5. The first-order valence-corrected chi connectivity index (χ1v) is 4.60. The van der Waals surface area contributed by atoms with Crippen molar-refractivity contribution in [3.05, 3.63) is 24.2 Å². The first-order chi connectivity index (χ1) is 6.65. The zero-order valence-electron chi connectivity index (χ0n) is 8.36. The van der Waals surface area contributed by atoms with Gasteiger partial charge in [-0.15, -0.1) is 0 Å². The van der Waals surface area contributed by atoms with Gasteiger partial charge in [-0.25, -0.2) is 0 Å². The summed E-state index contributed by atoms with van der Waals surface area (Å²) >= 11 is 0. The Morgan fingerprint density at radius 2 is 2.36 bits per heavy atom. The number of hydrogen-bond acceptors (Lipinski definition) is 3. The van der Waals surface area contributed by atoms with Crippen LogP contribution in [0.4, 0.5) is 0 Å². The molecule has 1 unspecified atom stereocenters. The zero-order chi connectivity index (χ0) is 10.6. The second-order valence-corrected chi connectivity index (χ2v) is 3.48. The Morgan fingerprint density at radius 3 is 2.79 bits per heavy atom. The van der Waals surface area contributed by atoms with E-state index in [0.717, 1.165) is 0 Å². The van der Waals surface area contributed by atoms with Crippen LogP contribution in [0.5, 0.6) is 0 Å². The van der Waals surface area contributed by atoms with E-state index < -0.39 is 0 Å². The second kappa shape index (κ2) is 4.81. The topological polar surface area (TPSA) is 62.5 Å². The molecule has 0 aliphatic rings. The third-order valence-corrected chi connectivity index (χ3v) is 2.06. The van der Waals surface area contributed by atoms with Crippen LogP contribution in [0.1, 0.15) is 24.4 Å². The van der Waals surface area contributed by atoms with Crippen molar-refractivity contribution in [1.29, 1.82) is 0 Å². The minimum absolute atomic E-state index is 0.0654. The van der Waals surface area contributed by atoms with Crippen LogP contribution in [0.25, 0.3) is 0 Å². The van der Waals surface area contributed by atoms with Gasteiger partial charge in [-0.1, -0.05) is 13.8 Å². The SMILES string of the molecule is CC(C)C(CO)NC(=O)c1ccco1. The van der Waals surface area contributed by atoms with Gasteiger partial charge in [0.15, 0.2) is 5.76 Å². The fourth-order valence-corrected chi connectivity index (χ4v) is 1.07. The quantitative estimate of drug-likeness (QED) is 0.757. The summed E-state index contributed by atoms with van der Waals surface area (Å²) < 4.78 is 4.93. The molecule has 4 nitrogen and oxygen atoms in total. The molecule has 0 aliphatic carbocycles. The van der Waals surface area contributed by atoms with E-state index in [4.69, 9.17) is 9.52 Å². The Morgan fingerprint density at radius 1 is 1.64 bits per heavy atom. The second-order valence-electron chi connectivity index (χ2n) is 3.48. The van der Waals surface area contributed by atoms with Gasteiger partial charge in [0.1, 0.15) is 0 Å². The first kappa shape index (κ1) is 10.8. The highest BCUT2D eigenvalue weighted by molar-refractivity contribution is 5.91. The molecule has 1 aromatic rings. The lowest BCUT2D eigenvalue weighted by Gasteiger charge is -2.18. The van der Waals surface area contributed by atoms with Gasteiger partial charge >= 0.3 is 0 Å². The summed E-state index contributed by atoms with van der Waals surface area (Å²) in [6, 6.07) is 3.01. The lowest BCUT2D eigenvalue weighted by molar-refractivity contribution is 0.0869. The molecule has 1 heterocycles. The lowest BCUT2D eigenvalue weighted by atomic mass is 10.1. The normalized spacial score (nSPS) is 12.9. The lowest BCUT2D eigenvalue weighted by Crippen LogP contribution is -2.40. The van der Waals surface area contributed by atoms with Crippen molar-refractivity contribution in [3.63, 3.8) is 0 Å². The van der Waals surface area contributed by atoms with E-state index >= 15 is 0 Å². The van der Waals surface area contributed by atoms with Crippen molar-refractivity contribution < 1.29 is 14.3 Å². The number of nitrogens with one attached hydrogen (secondary N) is 1. The van der Waals surface area contributed by atoms with Crippen LogP contribution in [0.2, 0.25) is 0 Å². The van der Waals surface area contributed by atoms with Crippen LogP contribution in [0.3, 0.4) is 0 Å². The Hall–Kier alpha value is -1.29. The average molecular weight is 197 g/mol. The fourth-order valence-electron chi connectivity index (χ4n) is 1.07. The van der Waals surface area contributed by atoms with Gasteiger partial charge in [-0.05, 0) is 18.1 Å². The minimum atomic E-state index is -0.289. The molecule has 1 rings (SSSR count). The summed E-state index contributed by atoms with van der Waals surface area (Å²) in [4.78, 5) is 11.5. The van der Waals surface area contributed by atoms with Crippen molar-refractivity contribution in [2.45, 2.75) is 19.9 Å². The Bertz CT molecular complexity index is 280. The molecule has 0 aromatic carbocycles. The Kier molecular flexibility index (Phi) is 3.71. The van der Waals surface area contributed by atoms with E-state index in [0.29, 0.717) is 0 Å². The molecule has 0 saturated carbocycles. The summed E-state index contributed by atoms with van der Waals surface area (Å²) in [7, 11) is 0. The summed E-state index contributed by atoms with van der Waals surface area (Å²) in [6.45, 7) is 3.80. The van der Waals surface area contributed by atoms with E-state index in [1.807, 2.05) is 13.8 Å². The van der Waals surface area contributed by atoms with Gasteiger partial charge in [0.05, 0.1) is 18.9 Å². The van der Waals surface area contributed by atoms with Crippen LogP contribution in [0, 0.1) is 5.92 Å². The van der Waals surface area contributed by atoms with Crippen LogP contribution >= 0.6 is 0 Å². The highest BCUT2D eigenvalue weighted by atomic mass is 16.3. The molecule has 0 radical (unpaired) electrons. The fraction of sp³-hybridized carbons (Fsp3) is 0.500. The molecule has 4 heteroatoms. The molecule has 0 saturated heterocycles. The smallest absolute Gasteiger partial charge is 0.287 e. The van der Waals surface area contributed by atoms with E-state index in [2.05, 4.69) is 5.32 Å². The molecule has 1 aromatic heterocycles. The molecule has 1 amide bonds. The highest BCUT2D eigenvalue weighted by Gasteiger charge is 2.17. The van der Waals surface area contributed by atoms with Crippen molar-refractivity contribution >= 4 is 5.91 Å². The van der Waals surface area contributed by atoms with Crippen molar-refractivity contribution in [2.75, 3.05) is 6.61 Å². The molecule has 2 N–H and O–H groups in total. The largest absolute Gasteiger partial charge is 0.459 e. The van der Waals surface area contributed by atoms with E-state index in [-0.39, 0.29) is 30.2 Å². The third-order valence-electron chi connectivity index (χ3n) is 2.06. The standard InChI is InChI=1S/C10H15NO3/c1-7(2)8(6-12)11-10(13)9-4-3-5-14-9/h3-5,7-8,12H,6H2,1-2H3,(H,11,13). The monoisotopic (exact) mass is 197 g/mol. The van der Waals surface area contributed by atoms with E-state index in [1.54, 1.807) is 12.1 Å². The predicted octanol–water partition coefficient (Wildman–Crippen LogP) is 1.03. The molecule has 14 heavy (non-hydrogen) atoms. The first-order valence-electron chi connectivity index (χ1n) is 4.60. The zero-order valence-corrected chi connectivity index (χ0v) is 8.36. The number of rotatable bonds is 4. The third kappa shape index (κ3) is 2.60. The van der Waals surface area contributed by atoms with Crippen molar-refractivity contribution in [2.24, 2.45) is 5.92 Å². The van der Waals surface area contributed by atoms with E-state index in [1.165, 1.54) is 6.26 Å². The highest BCUT2D eigenvalue weighted by Crippen LogP contribution is 2.04. The van der Waals surface area contributed by atoms with Gasteiger partial charge < -0.3 is 14.8 Å². The van der Waals surface area contributed by atoms with Crippen LogP contribution in [0.15, 0.2) is 22.8 Å². The Balaban J connectivity index is 2.56. The molecule has 0 spiro atoms. The van der Waals surface area contributed by atoms with Crippen molar-refractivity contribution in [3.8, 4) is 0 Å². The molecular formula is C10H15NO3. The Labute approximate surface area is 82.9 Å². The van der Waals surface area contributed by atoms with Crippen LogP contribution in [-0.4, -0.2) is 23.7 Å². The van der Waals surface area contributed by atoms with Crippen molar-refractivity contribution in [1.82, 2.24) is 5.32 Å². The average Bonchev–Trinajstić information content (AvgIpc) is 2.65. The summed E-state index contributed by atoms with van der Waals surface area (Å²) in [5.74, 6) is 0.172. The number of hydrogen-bond donors (Lipinski definition) is 2. The number of carbonyl (C=O) groups excluding carboxylic acids is 1. The molecule has 0 fully saturated rings. The van der Waals surface area contributed by atoms with E-state index in [9.17, 15) is 4.79 Å². The van der Waals surface area contributed by atoms with Gasteiger partial charge in [0.25, 0.3) is 5.91 Å². The predicted molar refractivity (Wildman–Crippen MR) is 51.9 cm³/mol. The molecule has 78 valence electrons. The molecule has 0 bridgehead atoms. The van der Waals surface area contributed by atoms with Crippen LogP contribution in [-0.2, 0) is 0 Å². The van der Waals surface area contributed by atoms with Gasteiger partial charge in [-0.2, -0.15) is 0 Å². The number of carbonyl (C=O) groups is 1. The number of aliphatic hydroxyl groups is 1. The summed E-state index contributed by atoms with van der Waals surface area (Å²) in [5, 5.41) is 11.7. The number of furan rings is 1. The van der Waals surface area contributed by atoms with Gasteiger partial charge in [-0.3, -0.25) is 4.79 Å². The molecule has 1 atom stereocenters. The van der Waals surface area contributed by atoms with Crippen LogP contribution < -0.4 is 5.32 Å².